The monoisotopic (exact) mass is 220 g/mol. The van der Waals surface area contributed by atoms with Gasteiger partial charge in [-0.1, -0.05) is 19.3 Å². The van der Waals surface area contributed by atoms with E-state index in [4.69, 9.17) is 5.73 Å². The third kappa shape index (κ3) is 2.92. The summed E-state index contributed by atoms with van der Waals surface area (Å²) in [4.78, 5) is 8.09. The summed E-state index contributed by atoms with van der Waals surface area (Å²) in [6, 6.07) is 2.25. The highest BCUT2D eigenvalue weighted by Gasteiger charge is 2.22. The van der Waals surface area contributed by atoms with Crippen LogP contribution in [-0.4, -0.2) is 22.6 Å². The molecule has 1 aliphatic carbocycles. The van der Waals surface area contributed by atoms with Crippen molar-refractivity contribution in [3.63, 3.8) is 0 Å². The molecule has 1 saturated carbocycles. The second-order valence-corrected chi connectivity index (χ2v) is 4.48. The zero-order chi connectivity index (χ0) is 11.2. The molecule has 1 aliphatic rings. The van der Waals surface area contributed by atoms with Gasteiger partial charge in [0.25, 0.3) is 0 Å². The molecule has 0 saturated heterocycles. The fourth-order valence-electron chi connectivity index (χ4n) is 2.47. The van der Waals surface area contributed by atoms with Crippen molar-refractivity contribution in [2.75, 3.05) is 11.9 Å². The minimum absolute atomic E-state index is 0.357. The molecule has 16 heavy (non-hydrogen) atoms. The zero-order valence-corrected chi connectivity index (χ0v) is 9.60. The predicted molar refractivity (Wildman–Crippen MR) is 65.1 cm³/mol. The Morgan fingerprint density at radius 1 is 1.38 bits per heavy atom. The summed E-state index contributed by atoms with van der Waals surface area (Å²) in [5, 5.41) is 3.42. The van der Waals surface area contributed by atoms with Crippen molar-refractivity contribution < 1.29 is 0 Å². The van der Waals surface area contributed by atoms with Gasteiger partial charge in [0.15, 0.2) is 0 Å². The zero-order valence-electron chi connectivity index (χ0n) is 9.60. The quantitative estimate of drug-likeness (QED) is 0.812. The van der Waals surface area contributed by atoms with Crippen LogP contribution >= 0.6 is 0 Å². The van der Waals surface area contributed by atoms with E-state index in [0.29, 0.717) is 18.5 Å². The Labute approximate surface area is 96.7 Å². The lowest BCUT2D eigenvalue weighted by molar-refractivity contribution is 0.320. The standard InChI is InChI=1S/C12H20N4/c13-8-11(10-4-2-1-3-5-10)16-12-6-7-14-9-15-12/h6-7,9-11H,1-5,8,13H2,(H,14,15,16). The average molecular weight is 220 g/mol. The van der Waals surface area contributed by atoms with Crippen LogP contribution in [0.4, 0.5) is 5.82 Å². The molecule has 1 fully saturated rings. The Balaban J connectivity index is 1.94. The van der Waals surface area contributed by atoms with Crippen molar-refractivity contribution in [1.29, 1.82) is 0 Å². The highest BCUT2D eigenvalue weighted by molar-refractivity contribution is 5.33. The van der Waals surface area contributed by atoms with Crippen LogP contribution in [0.5, 0.6) is 0 Å². The molecule has 1 heterocycles. The first-order chi connectivity index (χ1) is 7.90. The molecule has 1 unspecified atom stereocenters. The van der Waals surface area contributed by atoms with E-state index in [1.807, 2.05) is 6.07 Å². The number of nitrogens with two attached hydrogens (primary N) is 1. The maximum Gasteiger partial charge on any atom is 0.129 e. The van der Waals surface area contributed by atoms with Crippen molar-refractivity contribution in [3.05, 3.63) is 18.6 Å². The summed E-state index contributed by atoms with van der Waals surface area (Å²) in [5.41, 5.74) is 5.85. The summed E-state index contributed by atoms with van der Waals surface area (Å²) in [6.07, 6.45) is 9.96. The molecule has 1 aromatic rings. The van der Waals surface area contributed by atoms with Gasteiger partial charge in [-0.15, -0.1) is 0 Å². The number of nitrogens with zero attached hydrogens (tertiary/aromatic N) is 2. The first kappa shape index (κ1) is 11.3. The number of hydrogen-bond acceptors (Lipinski definition) is 4. The van der Waals surface area contributed by atoms with Crippen LogP contribution in [0.2, 0.25) is 0 Å². The minimum atomic E-state index is 0.357. The Hall–Kier alpha value is -1.16. The number of anilines is 1. The number of aromatic nitrogens is 2. The van der Waals surface area contributed by atoms with Gasteiger partial charge < -0.3 is 11.1 Å². The molecule has 88 valence electrons. The lowest BCUT2D eigenvalue weighted by Gasteiger charge is -2.30. The molecular formula is C12H20N4. The summed E-state index contributed by atoms with van der Waals surface area (Å²) in [6.45, 7) is 0.675. The molecule has 3 N–H and O–H groups in total. The molecule has 4 heteroatoms. The van der Waals surface area contributed by atoms with Crippen LogP contribution < -0.4 is 11.1 Å². The normalized spacial score (nSPS) is 19.3. The van der Waals surface area contributed by atoms with Crippen LogP contribution in [0.1, 0.15) is 32.1 Å². The molecule has 2 rings (SSSR count). The summed E-state index contributed by atoms with van der Waals surface area (Å²) < 4.78 is 0. The first-order valence-electron chi connectivity index (χ1n) is 6.13. The average Bonchev–Trinajstić information content (AvgIpc) is 2.38. The van der Waals surface area contributed by atoms with Crippen molar-refractivity contribution >= 4 is 5.82 Å². The lowest BCUT2D eigenvalue weighted by Crippen LogP contribution is -2.37. The van der Waals surface area contributed by atoms with Gasteiger partial charge in [0, 0.05) is 18.8 Å². The fraction of sp³-hybridized carbons (Fsp3) is 0.667. The molecule has 0 radical (unpaired) electrons. The van der Waals surface area contributed by atoms with E-state index in [9.17, 15) is 0 Å². The van der Waals surface area contributed by atoms with Gasteiger partial charge >= 0.3 is 0 Å². The SMILES string of the molecule is NCC(Nc1ccncn1)C1CCCCC1. The summed E-state index contributed by atoms with van der Waals surface area (Å²) >= 11 is 0. The Morgan fingerprint density at radius 3 is 2.81 bits per heavy atom. The second-order valence-electron chi connectivity index (χ2n) is 4.48. The molecule has 0 bridgehead atoms. The van der Waals surface area contributed by atoms with Crippen molar-refractivity contribution in [2.24, 2.45) is 11.7 Å². The Morgan fingerprint density at radius 2 is 2.19 bits per heavy atom. The lowest BCUT2D eigenvalue weighted by atomic mass is 9.84. The first-order valence-corrected chi connectivity index (χ1v) is 6.13. The minimum Gasteiger partial charge on any atom is -0.366 e. The maximum absolute atomic E-state index is 5.85. The predicted octanol–water partition coefficient (Wildman–Crippen LogP) is 1.80. The van der Waals surface area contributed by atoms with E-state index in [-0.39, 0.29) is 0 Å². The van der Waals surface area contributed by atoms with Gasteiger partial charge in [0.2, 0.25) is 0 Å². The maximum atomic E-state index is 5.85. The molecule has 0 spiro atoms. The number of nitrogens with one attached hydrogen (secondary N) is 1. The van der Waals surface area contributed by atoms with Gasteiger partial charge in [-0.05, 0) is 24.8 Å². The van der Waals surface area contributed by atoms with E-state index in [1.54, 1.807) is 12.5 Å². The molecule has 4 nitrogen and oxygen atoms in total. The van der Waals surface area contributed by atoms with Crippen molar-refractivity contribution in [2.45, 2.75) is 38.1 Å². The third-order valence-corrected chi connectivity index (χ3v) is 3.39. The molecule has 1 atom stereocenters. The third-order valence-electron chi connectivity index (χ3n) is 3.39. The second kappa shape index (κ2) is 5.80. The van der Waals surface area contributed by atoms with Crippen LogP contribution in [-0.2, 0) is 0 Å². The molecular weight excluding hydrogens is 200 g/mol. The molecule has 0 aromatic carbocycles. The van der Waals surface area contributed by atoms with E-state index >= 15 is 0 Å². The van der Waals surface area contributed by atoms with Gasteiger partial charge in [0.05, 0.1) is 0 Å². The van der Waals surface area contributed by atoms with Crippen LogP contribution in [0.3, 0.4) is 0 Å². The Bertz CT molecular complexity index is 295. The molecule has 1 aromatic heterocycles. The van der Waals surface area contributed by atoms with E-state index in [1.165, 1.54) is 32.1 Å². The fourth-order valence-corrected chi connectivity index (χ4v) is 2.47. The van der Waals surface area contributed by atoms with Crippen molar-refractivity contribution in [1.82, 2.24) is 9.97 Å². The van der Waals surface area contributed by atoms with E-state index in [0.717, 1.165) is 5.82 Å². The van der Waals surface area contributed by atoms with Gasteiger partial charge in [0.1, 0.15) is 12.1 Å². The topological polar surface area (TPSA) is 63.8 Å². The van der Waals surface area contributed by atoms with Crippen LogP contribution in [0.15, 0.2) is 18.6 Å². The number of hydrogen-bond donors (Lipinski definition) is 2. The summed E-state index contributed by atoms with van der Waals surface area (Å²) in [7, 11) is 0. The van der Waals surface area contributed by atoms with Gasteiger partial charge in [-0.2, -0.15) is 0 Å². The van der Waals surface area contributed by atoms with Gasteiger partial charge in [-0.3, -0.25) is 0 Å². The van der Waals surface area contributed by atoms with E-state index in [2.05, 4.69) is 15.3 Å². The molecule has 0 aliphatic heterocycles. The van der Waals surface area contributed by atoms with Crippen LogP contribution in [0, 0.1) is 5.92 Å². The Kier molecular flexibility index (Phi) is 4.10. The van der Waals surface area contributed by atoms with E-state index < -0.39 is 0 Å². The van der Waals surface area contributed by atoms with Gasteiger partial charge in [-0.25, -0.2) is 9.97 Å². The largest absolute Gasteiger partial charge is 0.366 e. The molecule has 0 amide bonds. The number of rotatable bonds is 4. The van der Waals surface area contributed by atoms with Crippen molar-refractivity contribution in [3.8, 4) is 0 Å². The highest BCUT2D eigenvalue weighted by atomic mass is 15.0. The van der Waals surface area contributed by atoms with Crippen LogP contribution in [0.25, 0.3) is 0 Å². The smallest absolute Gasteiger partial charge is 0.129 e. The summed E-state index contributed by atoms with van der Waals surface area (Å²) in [5.74, 6) is 1.59. The highest BCUT2D eigenvalue weighted by Crippen LogP contribution is 2.27.